The topological polar surface area (TPSA) is 37.9 Å². The van der Waals surface area contributed by atoms with Crippen LogP contribution in [0.4, 0.5) is 0 Å². The Bertz CT molecular complexity index is 434. The van der Waals surface area contributed by atoms with E-state index in [9.17, 15) is 0 Å². The minimum absolute atomic E-state index is 0.834. The number of nitrogens with one attached hydrogen (secondary N) is 1. The van der Waals surface area contributed by atoms with Crippen molar-refractivity contribution in [2.45, 2.75) is 19.8 Å². The molecule has 1 aromatic heterocycles. The van der Waals surface area contributed by atoms with Crippen LogP contribution >= 0.6 is 0 Å². The number of hydrogen-bond donors (Lipinski definition) is 1. The summed E-state index contributed by atoms with van der Waals surface area (Å²) >= 11 is 0. The summed E-state index contributed by atoms with van der Waals surface area (Å²) in [6.45, 7) is 2.14. The van der Waals surface area contributed by atoms with Gasteiger partial charge in [0.2, 0.25) is 0 Å². The molecule has 0 amide bonds. The summed E-state index contributed by atoms with van der Waals surface area (Å²) in [5, 5.41) is 0. The van der Waals surface area contributed by atoms with E-state index in [2.05, 4.69) is 16.9 Å². The second kappa shape index (κ2) is 3.70. The Balaban J connectivity index is 2.52. The van der Waals surface area contributed by atoms with Gasteiger partial charge in [-0.15, -0.1) is 0 Å². The van der Waals surface area contributed by atoms with Crippen LogP contribution in [0.25, 0.3) is 11.0 Å². The molecule has 14 heavy (non-hydrogen) atoms. The molecule has 3 nitrogen and oxygen atoms in total. The predicted octanol–water partition coefficient (Wildman–Crippen LogP) is 2.52. The summed E-state index contributed by atoms with van der Waals surface area (Å²) in [6.07, 6.45) is 2.08. The van der Waals surface area contributed by atoms with Crippen molar-refractivity contribution >= 4 is 11.0 Å². The van der Waals surface area contributed by atoms with Gasteiger partial charge in [0.25, 0.3) is 0 Å². The first kappa shape index (κ1) is 9.06. The van der Waals surface area contributed by atoms with Crippen molar-refractivity contribution in [2.24, 2.45) is 0 Å². The van der Waals surface area contributed by atoms with Crippen LogP contribution in [0.15, 0.2) is 18.2 Å². The third kappa shape index (κ3) is 1.45. The smallest absolute Gasteiger partial charge is 0.146 e. The van der Waals surface area contributed by atoms with Crippen molar-refractivity contribution in [3.63, 3.8) is 0 Å². The average Bonchev–Trinajstić information content (AvgIpc) is 2.60. The summed E-state index contributed by atoms with van der Waals surface area (Å²) < 4.78 is 5.24. The highest BCUT2D eigenvalue weighted by atomic mass is 16.5. The number of H-pyrrole nitrogens is 1. The normalized spacial score (nSPS) is 10.7. The minimum atomic E-state index is 0.834. The lowest BCUT2D eigenvalue weighted by molar-refractivity contribution is 0.419. The monoisotopic (exact) mass is 190 g/mol. The molecule has 0 aliphatic rings. The van der Waals surface area contributed by atoms with E-state index in [1.807, 2.05) is 18.2 Å². The van der Waals surface area contributed by atoms with Gasteiger partial charge in [-0.2, -0.15) is 0 Å². The molecule has 3 heteroatoms. The van der Waals surface area contributed by atoms with Gasteiger partial charge in [0, 0.05) is 6.42 Å². The van der Waals surface area contributed by atoms with Crippen LogP contribution in [-0.4, -0.2) is 17.1 Å². The number of fused-ring (bicyclic) bond motifs is 1. The Labute approximate surface area is 83.1 Å². The maximum Gasteiger partial charge on any atom is 0.146 e. The van der Waals surface area contributed by atoms with Crippen LogP contribution in [0.3, 0.4) is 0 Å². The van der Waals surface area contributed by atoms with E-state index < -0.39 is 0 Å². The molecule has 1 aromatic carbocycles. The zero-order valence-corrected chi connectivity index (χ0v) is 8.50. The lowest BCUT2D eigenvalue weighted by atomic mass is 10.3. The largest absolute Gasteiger partial charge is 0.494 e. The molecule has 0 atom stereocenters. The van der Waals surface area contributed by atoms with Gasteiger partial charge < -0.3 is 9.72 Å². The number of imidazole rings is 1. The quantitative estimate of drug-likeness (QED) is 0.807. The van der Waals surface area contributed by atoms with Gasteiger partial charge in [-0.3, -0.25) is 0 Å². The number of hydrogen-bond acceptors (Lipinski definition) is 2. The third-order valence-corrected chi connectivity index (χ3v) is 2.23. The molecule has 2 aromatic rings. The molecule has 0 bridgehead atoms. The zero-order valence-electron chi connectivity index (χ0n) is 8.50. The van der Waals surface area contributed by atoms with Crippen LogP contribution in [0, 0.1) is 0 Å². The van der Waals surface area contributed by atoms with E-state index >= 15 is 0 Å². The Morgan fingerprint density at radius 1 is 1.43 bits per heavy atom. The first-order chi connectivity index (χ1) is 6.85. The van der Waals surface area contributed by atoms with E-state index in [1.165, 1.54) is 0 Å². The van der Waals surface area contributed by atoms with Crippen molar-refractivity contribution in [3.8, 4) is 5.75 Å². The Morgan fingerprint density at radius 2 is 2.29 bits per heavy atom. The molecular formula is C11H14N2O. The molecule has 0 saturated heterocycles. The van der Waals surface area contributed by atoms with Gasteiger partial charge >= 0.3 is 0 Å². The lowest BCUT2D eigenvalue weighted by Gasteiger charge is -1.97. The van der Waals surface area contributed by atoms with Gasteiger partial charge in [0.15, 0.2) is 0 Å². The van der Waals surface area contributed by atoms with Crippen LogP contribution in [-0.2, 0) is 6.42 Å². The summed E-state index contributed by atoms with van der Waals surface area (Å²) in [6, 6.07) is 5.91. The highest BCUT2D eigenvalue weighted by Crippen LogP contribution is 2.23. The van der Waals surface area contributed by atoms with Gasteiger partial charge in [-0.25, -0.2) is 4.98 Å². The van der Waals surface area contributed by atoms with Gasteiger partial charge in [-0.1, -0.05) is 13.0 Å². The summed E-state index contributed by atoms with van der Waals surface area (Å²) in [7, 11) is 1.67. The second-order valence-electron chi connectivity index (χ2n) is 3.29. The van der Waals surface area contributed by atoms with Crippen molar-refractivity contribution in [1.82, 2.24) is 9.97 Å². The Morgan fingerprint density at radius 3 is 3.00 bits per heavy atom. The fourth-order valence-electron chi connectivity index (χ4n) is 1.58. The number of aryl methyl sites for hydroxylation is 1. The first-order valence-corrected chi connectivity index (χ1v) is 4.86. The molecule has 2 rings (SSSR count). The molecular weight excluding hydrogens is 176 g/mol. The molecule has 0 unspecified atom stereocenters. The number of para-hydroxylation sites is 1. The molecule has 0 aliphatic heterocycles. The molecule has 0 spiro atoms. The lowest BCUT2D eigenvalue weighted by Crippen LogP contribution is -1.85. The summed E-state index contributed by atoms with van der Waals surface area (Å²) in [5.74, 6) is 1.87. The van der Waals surface area contributed by atoms with E-state index in [0.717, 1.165) is 35.4 Å². The molecule has 74 valence electrons. The third-order valence-electron chi connectivity index (χ3n) is 2.23. The number of methoxy groups -OCH3 is 1. The van der Waals surface area contributed by atoms with E-state index in [-0.39, 0.29) is 0 Å². The standard InChI is InChI=1S/C11H14N2O/c1-3-5-10-12-8-6-4-7-9(14-2)11(8)13-10/h4,6-7H,3,5H2,1-2H3,(H,12,13). The molecule has 1 heterocycles. The molecule has 1 N–H and O–H groups in total. The van der Waals surface area contributed by atoms with E-state index in [0.29, 0.717) is 0 Å². The fourth-order valence-corrected chi connectivity index (χ4v) is 1.58. The maximum absolute atomic E-state index is 5.24. The van der Waals surface area contributed by atoms with E-state index in [1.54, 1.807) is 7.11 Å². The number of aromatic nitrogens is 2. The highest BCUT2D eigenvalue weighted by molar-refractivity contribution is 5.81. The molecule has 0 radical (unpaired) electrons. The first-order valence-electron chi connectivity index (χ1n) is 4.86. The number of rotatable bonds is 3. The Hall–Kier alpha value is -1.51. The zero-order chi connectivity index (χ0) is 9.97. The molecule has 0 saturated carbocycles. The van der Waals surface area contributed by atoms with Crippen molar-refractivity contribution in [3.05, 3.63) is 24.0 Å². The van der Waals surface area contributed by atoms with Crippen LogP contribution in [0.2, 0.25) is 0 Å². The van der Waals surface area contributed by atoms with Crippen molar-refractivity contribution in [1.29, 1.82) is 0 Å². The number of aromatic amines is 1. The van der Waals surface area contributed by atoms with Crippen LogP contribution < -0.4 is 4.74 Å². The number of benzene rings is 1. The molecule has 0 fully saturated rings. The van der Waals surface area contributed by atoms with Gasteiger partial charge in [0.1, 0.15) is 17.1 Å². The average molecular weight is 190 g/mol. The SMILES string of the molecule is CCCc1nc2c(OC)cccc2[nH]1. The number of ether oxygens (including phenoxy) is 1. The maximum atomic E-state index is 5.24. The fraction of sp³-hybridized carbons (Fsp3) is 0.364. The minimum Gasteiger partial charge on any atom is -0.494 e. The molecule has 0 aliphatic carbocycles. The van der Waals surface area contributed by atoms with Gasteiger partial charge in [0.05, 0.1) is 12.6 Å². The highest BCUT2D eigenvalue weighted by Gasteiger charge is 2.05. The summed E-state index contributed by atoms with van der Waals surface area (Å²) in [5.41, 5.74) is 1.98. The van der Waals surface area contributed by atoms with Crippen molar-refractivity contribution in [2.75, 3.05) is 7.11 Å². The van der Waals surface area contributed by atoms with Gasteiger partial charge in [-0.05, 0) is 18.6 Å². The van der Waals surface area contributed by atoms with Crippen LogP contribution in [0.5, 0.6) is 5.75 Å². The predicted molar refractivity (Wildman–Crippen MR) is 56.6 cm³/mol. The van der Waals surface area contributed by atoms with Crippen LogP contribution in [0.1, 0.15) is 19.2 Å². The second-order valence-corrected chi connectivity index (χ2v) is 3.29. The Kier molecular flexibility index (Phi) is 2.39. The number of nitrogens with zero attached hydrogens (tertiary/aromatic N) is 1. The summed E-state index contributed by atoms with van der Waals surface area (Å²) in [4.78, 5) is 7.77. The van der Waals surface area contributed by atoms with Crippen molar-refractivity contribution < 1.29 is 4.74 Å². The van der Waals surface area contributed by atoms with E-state index in [4.69, 9.17) is 4.74 Å².